The number of fused-ring (bicyclic) bond motifs is 1. The highest BCUT2D eigenvalue weighted by atomic mass is 35.5. The summed E-state index contributed by atoms with van der Waals surface area (Å²) >= 11 is 5.92. The lowest BCUT2D eigenvalue weighted by Gasteiger charge is -2.20. The van der Waals surface area contributed by atoms with Gasteiger partial charge < -0.3 is 15.3 Å². The van der Waals surface area contributed by atoms with Crippen LogP contribution in [0, 0.1) is 0 Å². The summed E-state index contributed by atoms with van der Waals surface area (Å²) in [5, 5.41) is 13.2. The van der Waals surface area contributed by atoms with Crippen molar-refractivity contribution in [3.63, 3.8) is 0 Å². The summed E-state index contributed by atoms with van der Waals surface area (Å²) in [6, 6.07) is 14.0. The molecule has 7 heteroatoms. The molecule has 0 bridgehead atoms. The minimum Gasteiger partial charge on any atom is -0.508 e. The van der Waals surface area contributed by atoms with Crippen molar-refractivity contribution < 1.29 is 9.90 Å². The fourth-order valence-corrected chi connectivity index (χ4v) is 3.73. The van der Waals surface area contributed by atoms with Gasteiger partial charge in [-0.2, -0.15) is 0 Å². The van der Waals surface area contributed by atoms with E-state index in [-0.39, 0.29) is 11.8 Å². The molecule has 0 unspecified atom stereocenters. The van der Waals surface area contributed by atoms with E-state index in [1.54, 1.807) is 36.4 Å². The molecule has 0 spiro atoms. The third-order valence-corrected chi connectivity index (χ3v) is 5.48. The van der Waals surface area contributed by atoms with Crippen LogP contribution in [0.1, 0.15) is 24.0 Å². The first-order valence-corrected chi connectivity index (χ1v) is 10.4. The minimum absolute atomic E-state index is 0.139. The average Bonchev–Trinajstić information content (AvgIpc) is 2.98. The Morgan fingerprint density at radius 2 is 1.77 bits per heavy atom. The van der Waals surface area contributed by atoms with Gasteiger partial charge in [-0.3, -0.25) is 0 Å². The Labute approximate surface area is 180 Å². The predicted molar refractivity (Wildman–Crippen MR) is 118 cm³/mol. The summed E-state index contributed by atoms with van der Waals surface area (Å²) in [7, 11) is 0. The van der Waals surface area contributed by atoms with Gasteiger partial charge in [0.1, 0.15) is 11.6 Å². The van der Waals surface area contributed by atoms with Gasteiger partial charge in [0.25, 0.3) is 0 Å². The lowest BCUT2D eigenvalue weighted by Crippen LogP contribution is -2.36. The maximum Gasteiger partial charge on any atom is 0.321 e. The van der Waals surface area contributed by atoms with Crippen molar-refractivity contribution in [1.82, 2.24) is 14.9 Å². The van der Waals surface area contributed by atoms with Crippen molar-refractivity contribution in [2.75, 3.05) is 18.4 Å². The molecule has 0 fully saturated rings. The number of benzene rings is 2. The highest BCUT2D eigenvalue weighted by Gasteiger charge is 2.23. The van der Waals surface area contributed by atoms with Crippen LogP contribution in [0.5, 0.6) is 5.75 Å². The Balaban J connectivity index is 1.58. The first-order chi connectivity index (χ1) is 14.5. The first-order valence-electron chi connectivity index (χ1n) is 10.0. The number of urea groups is 1. The number of phenolic OH excluding ortho intramolecular Hbond substituents is 1. The lowest BCUT2D eigenvalue weighted by atomic mass is 10.0. The van der Waals surface area contributed by atoms with Gasteiger partial charge in [0.05, 0.1) is 5.69 Å². The van der Waals surface area contributed by atoms with Crippen LogP contribution in [0.25, 0.3) is 11.3 Å². The molecule has 0 saturated carbocycles. The van der Waals surface area contributed by atoms with Gasteiger partial charge >= 0.3 is 6.03 Å². The van der Waals surface area contributed by atoms with E-state index in [1.165, 1.54) is 0 Å². The average molecular weight is 423 g/mol. The number of aromatic nitrogens is 2. The van der Waals surface area contributed by atoms with Crippen LogP contribution in [0.4, 0.5) is 10.5 Å². The molecule has 4 rings (SSSR count). The molecule has 1 aliphatic rings. The molecular formula is C23H23ClN4O2. The second-order valence-corrected chi connectivity index (χ2v) is 7.67. The molecule has 0 atom stereocenters. The largest absolute Gasteiger partial charge is 0.508 e. The summed E-state index contributed by atoms with van der Waals surface area (Å²) in [4.78, 5) is 24.1. The van der Waals surface area contributed by atoms with Gasteiger partial charge in [0, 0.05) is 53.5 Å². The van der Waals surface area contributed by atoms with Crippen molar-refractivity contribution in [3.05, 3.63) is 70.6 Å². The first kappa shape index (κ1) is 20.2. The van der Waals surface area contributed by atoms with E-state index in [0.717, 1.165) is 34.8 Å². The van der Waals surface area contributed by atoms with Crippen LogP contribution in [0.15, 0.2) is 48.5 Å². The fourth-order valence-electron chi connectivity index (χ4n) is 3.61. The molecule has 2 aromatic carbocycles. The summed E-state index contributed by atoms with van der Waals surface area (Å²) in [5.41, 5.74) is 4.60. The zero-order valence-corrected chi connectivity index (χ0v) is 17.5. The number of amides is 2. The Hall–Kier alpha value is -3.12. The molecule has 30 heavy (non-hydrogen) atoms. The molecule has 1 aliphatic heterocycles. The number of hydrogen-bond donors (Lipinski definition) is 2. The van der Waals surface area contributed by atoms with Gasteiger partial charge in [-0.15, -0.1) is 0 Å². The van der Waals surface area contributed by atoms with Crippen molar-refractivity contribution in [2.45, 2.75) is 26.2 Å². The second-order valence-electron chi connectivity index (χ2n) is 7.24. The zero-order valence-electron chi connectivity index (χ0n) is 16.7. The monoisotopic (exact) mass is 422 g/mol. The zero-order chi connectivity index (χ0) is 21.1. The molecule has 2 heterocycles. The van der Waals surface area contributed by atoms with E-state index in [1.807, 2.05) is 24.0 Å². The Kier molecular flexibility index (Phi) is 5.86. The summed E-state index contributed by atoms with van der Waals surface area (Å²) < 4.78 is 0. The minimum atomic E-state index is -0.139. The maximum atomic E-state index is 12.8. The third kappa shape index (κ3) is 4.39. The summed E-state index contributed by atoms with van der Waals surface area (Å²) in [6.45, 7) is 3.19. The van der Waals surface area contributed by atoms with Gasteiger partial charge in [0.15, 0.2) is 0 Å². The molecule has 154 valence electrons. The number of carbonyl (C=O) groups excluding carboxylic acids is 1. The molecule has 2 amide bonds. The summed E-state index contributed by atoms with van der Waals surface area (Å²) in [5.74, 6) is 1.01. The number of hydrogen-bond acceptors (Lipinski definition) is 4. The van der Waals surface area contributed by atoms with Crippen molar-refractivity contribution >= 4 is 23.3 Å². The van der Waals surface area contributed by atoms with E-state index < -0.39 is 0 Å². The molecule has 1 aromatic heterocycles. The van der Waals surface area contributed by atoms with E-state index >= 15 is 0 Å². The Morgan fingerprint density at radius 3 is 2.47 bits per heavy atom. The number of carbonyl (C=O) groups is 1. The Morgan fingerprint density at radius 1 is 1.07 bits per heavy atom. The van der Waals surface area contributed by atoms with E-state index in [9.17, 15) is 9.90 Å². The second kappa shape index (κ2) is 8.71. The number of nitrogens with one attached hydrogen (secondary N) is 1. The number of aromatic hydroxyl groups is 1. The molecule has 2 N–H and O–H groups in total. The highest BCUT2D eigenvalue weighted by molar-refractivity contribution is 6.30. The van der Waals surface area contributed by atoms with Crippen LogP contribution in [-0.2, 0) is 19.3 Å². The number of nitrogens with zero attached hydrogens (tertiary/aromatic N) is 3. The van der Waals surface area contributed by atoms with Crippen molar-refractivity contribution in [1.29, 1.82) is 0 Å². The lowest BCUT2D eigenvalue weighted by molar-refractivity contribution is 0.214. The van der Waals surface area contributed by atoms with Crippen LogP contribution in [-0.4, -0.2) is 39.1 Å². The van der Waals surface area contributed by atoms with Crippen molar-refractivity contribution in [3.8, 4) is 17.0 Å². The number of anilines is 1. The van der Waals surface area contributed by atoms with Gasteiger partial charge in [-0.1, -0.05) is 18.5 Å². The summed E-state index contributed by atoms with van der Waals surface area (Å²) in [6.07, 6.45) is 2.08. The normalized spacial score (nSPS) is 13.5. The Bertz CT molecular complexity index is 1050. The molecule has 3 aromatic rings. The van der Waals surface area contributed by atoms with Gasteiger partial charge in [-0.05, 0) is 55.0 Å². The van der Waals surface area contributed by atoms with Crippen LogP contribution < -0.4 is 5.32 Å². The van der Waals surface area contributed by atoms with Crippen LogP contribution in [0.3, 0.4) is 0 Å². The number of phenols is 1. The van der Waals surface area contributed by atoms with Gasteiger partial charge in [0.2, 0.25) is 0 Å². The topological polar surface area (TPSA) is 78.4 Å². The number of rotatable bonds is 3. The molecular weight excluding hydrogens is 400 g/mol. The highest BCUT2D eigenvalue weighted by Crippen LogP contribution is 2.28. The maximum absolute atomic E-state index is 12.8. The standard InChI is InChI=1S/C23H23ClN4O2/c1-2-21-26-20-12-14-28(23(30)25-17-7-5-16(24)6-8-17)13-11-19(20)22(27-21)15-3-9-18(29)10-4-15/h3-10,29H,2,11-14H2,1H3,(H,25,30). The third-order valence-electron chi connectivity index (χ3n) is 5.23. The molecule has 0 radical (unpaired) electrons. The SMILES string of the molecule is CCc1nc2c(c(-c3ccc(O)cc3)n1)CCN(C(=O)Nc1ccc(Cl)cc1)CC2. The number of halogens is 1. The van der Waals surface area contributed by atoms with E-state index in [2.05, 4.69) is 5.32 Å². The van der Waals surface area contributed by atoms with Crippen LogP contribution in [0.2, 0.25) is 5.02 Å². The van der Waals surface area contributed by atoms with E-state index in [4.69, 9.17) is 21.6 Å². The quantitative estimate of drug-likeness (QED) is 0.641. The molecule has 0 saturated heterocycles. The van der Waals surface area contributed by atoms with Gasteiger partial charge in [-0.25, -0.2) is 14.8 Å². The molecule has 0 aliphatic carbocycles. The van der Waals surface area contributed by atoms with Crippen molar-refractivity contribution in [2.24, 2.45) is 0 Å². The number of aryl methyl sites for hydroxylation is 1. The smallest absolute Gasteiger partial charge is 0.321 e. The fraction of sp³-hybridized carbons (Fsp3) is 0.261. The van der Waals surface area contributed by atoms with Crippen LogP contribution >= 0.6 is 11.6 Å². The predicted octanol–water partition coefficient (Wildman–Crippen LogP) is 4.70. The van der Waals surface area contributed by atoms with E-state index in [0.29, 0.717) is 36.6 Å². The molecule has 6 nitrogen and oxygen atoms in total.